The lowest BCUT2D eigenvalue weighted by Crippen LogP contribution is -2.35. The van der Waals surface area contributed by atoms with Gasteiger partial charge in [0, 0.05) is 6.54 Å². The molecule has 0 radical (unpaired) electrons. The number of methoxy groups -OCH3 is 1. The van der Waals surface area contributed by atoms with Gasteiger partial charge in [0.05, 0.1) is 12.7 Å². The van der Waals surface area contributed by atoms with Crippen LogP contribution < -0.4 is 10.1 Å². The Balaban J connectivity index is 1.92. The van der Waals surface area contributed by atoms with Gasteiger partial charge in [0.15, 0.2) is 17.8 Å². The number of aldehydes is 1. The SMILES string of the molecule is COc1cc(C(O)C(O)CNC(=O)OCc2ccccc2)cc(C=O)c1O. The predicted molar refractivity (Wildman–Crippen MR) is 95.6 cm³/mol. The minimum atomic E-state index is -1.42. The quantitative estimate of drug-likeness (QED) is 0.516. The number of aliphatic hydroxyl groups excluding tert-OH is 2. The summed E-state index contributed by atoms with van der Waals surface area (Å²) in [5.41, 5.74) is 0.871. The van der Waals surface area contributed by atoms with Crippen molar-refractivity contribution in [1.82, 2.24) is 5.32 Å². The molecule has 2 aromatic carbocycles. The number of phenols is 1. The molecule has 4 N–H and O–H groups in total. The van der Waals surface area contributed by atoms with Crippen LogP contribution >= 0.6 is 0 Å². The van der Waals surface area contributed by atoms with Crippen molar-refractivity contribution in [1.29, 1.82) is 0 Å². The number of alkyl carbamates (subject to hydrolysis) is 1. The summed E-state index contributed by atoms with van der Waals surface area (Å²) in [5, 5.41) is 32.5. The smallest absolute Gasteiger partial charge is 0.407 e. The first-order chi connectivity index (χ1) is 13.0. The minimum absolute atomic E-state index is 0.0175. The number of aliphatic hydroxyl groups is 2. The van der Waals surface area contributed by atoms with Crippen molar-refractivity contribution >= 4 is 12.4 Å². The fraction of sp³-hybridized carbons (Fsp3) is 0.263. The molecule has 0 saturated heterocycles. The Kier molecular flexibility index (Phi) is 7.16. The Morgan fingerprint density at radius 1 is 1.22 bits per heavy atom. The highest BCUT2D eigenvalue weighted by Crippen LogP contribution is 2.33. The Hall–Kier alpha value is -3.10. The third-order valence-corrected chi connectivity index (χ3v) is 3.85. The van der Waals surface area contributed by atoms with Gasteiger partial charge in [-0.3, -0.25) is 4.79 Å². The van der Waals surface area contributed by atoms with Gasteiger partial charge in [0.2, 0.25) is 0 Å². The third kappa shape index (κ3) is 5.44. The molecule has 8 nitrogen and oxygen atoms in total. The van der Waals surface area contributed by atoms with Crippen molar-refractivity contribution in [3.05, 3.63) is 59.2 Å². The number of nitrogens with one attached hydrogen (secondary N) is 1. The van der Waals surface area contributed by atoms with Crippen LogP contribution in [-0.2, 0) is 11.3 Å². The number of benzene rings is 2. The molecule has 0 aliphatic carbocycles. The summed E-state index contributed by atoms with van der Waals surface area (Å²) in [6, 6.07) is 11.6. The van der Waals surface area contributed by atoms with Gasteiger partial charge in [-0.25, -0.2) is 4.79 Å². The van der Waals surface area contributed by atoms with Gasteiger partial charge in [0.25, 0.3) is 0 Å². The van der Waals surface area contributed by atoms with Crippen LogP contribution in [0, 0.1) is 0 Å². The van der Waals surface area contributed by atoms with E-state index in [9.17, 15) is 24.9 Å². The first-order valence-electron chi connectivity index (χ1n) is 8.13. The first kappa shape index (κ1) is 20.2. The van der Waals surface area contributed by atoms with Crippen LogP contribution in [0.25, 0.3) is 0 Å². The van der Waals surface area contributed by atoms with Crippen LogP contribution in [0.1, 0.15) is 27.6 Å². The Morgan fingerprint density at radius 2 is 1.93 bits per heavy atom. The van der Waals surface area contributed by atoms with E-state index in [1.54, 1.807) is 12.1 Å². The zero-order valence-electron chi connectivity index (χ0n) is 14.7. The molecule has 1 amide bonds. The van der Waals surface area contributed by atoms with Gasteiger partial charge in [-0.05, 0) is 23.3 Å². The maximum absolute atomic E-state index is 11.7. The molecule has 144 valence electrons. The predicted octanol–water partition coefficient (Wildman–Crippen LogP) is 1.53. The second kappa shape index (κ2) is 9.56. The Morgan fingerprint density at radius 3 is 2.56 bits per heavy atom. The van der Waals surface area contributed by atoms with Gasteiger partial charge >= 0.3 is 6.09 Å². The van der Waals surface area contributed by atoms with E-state index in [4.69, 9.17) is 9.47 Å². The lowest BCUT2D eigenvalue weighted by Gasteiger charge is -2.20. The fourth-order valence-electron chi connectivity index (χ4n) is 2.36. The number of phenolic OH excluding ortho intramolecular Hbond substituents is 1. The molecule has 0 heterocycles. The van der Waals surface area contributed by atoms with Crippen molar-refractivity contribution in [2.75, 3.05) is 13.7 Å². The molecule has 0 bridgehead atoms. The van der Waals surface area contributed by atoms with Crippen LogP contribution in [0.5, 0.6) is 11.5 Å². The van der Waals surface area contributed by atoms with Crippen LogP contribution in [-0.4, -0.2) is 47.5 Å². The summed E-state index contributed by atoms with van der Waals surface area (Å²) in [6.07, 6.45) is -3.14. The molecule has 0 aliphatic heterocycles. The number of amides is 1. The normalized spacial score (nSPS) is 12.7. The molecule has 0 saturated carbocycles. The molecule has 27 heavy (non-hydrogen) atoms. The lowest BCUT2D eigenvalue weighted by molar-refractivity contribution is 0.0182. The average molecular weight is 375 g/mol. The Labute approximate surface area is 156 Å². The van der Waals surface area contributed by atoms with E-state index < -0.39 is 18.3 Å². The molecule has 8 heteroatoms. The summed E-state index contributed by atoms with van der Waals surface area (Å²) in [7, 11) is 1.29. The second-order valence-corrected chi connectivity index (χ2v) is 5.73. The summed E-state index contributed by atoms with van der Waals surface area (Å²) >= 11 is 0. The average Bonchev–Trinajstić information content (AvgIpc) is 2.70. The molecule has 0 spiro atoms. The highest BCUT2D eigenvalue weighted by molar-refractivity contribution is 5.81. The Bertz CT molecular complexity index is 779. The number of carbonyl (C=O) groups is 2. The molecule has 2 unspecified atom stereocenters. The van der Waals surface area contributed by atoms with Crippen molar-refractivity contribution in [2.24, 2.45) is 0 Å². The minimum Gasteiger partial charge on any atom is -0.504 e. The van der Waals surface area contributed by atoms with E-state index in [1.165, 1.54) is 19.2 Å². The molecule has 2 rings (SSSR count). The van der Waals surface area contributed by atoms with Crippen molar-refractivity contribution in [2.45, 2.75) is 18.8 Å². The first-order valence-corrected chi connectivity index (χ1v) is 8.13. The van der Waals surface area contributed by atoms with Crippen LogP contribution in [0.15, 0.2) is 42.5 Å². The molecule has 2 atom stereocenters. The van der Waals surface area contributed by atoms with E-state index in [-0.39, 0.29) is 35.8 Å². The number of carbonyl (C=O) groups excluding carboxylic acids is 2. The van der Waals surface area contributed by atoms with Crippen LogP contribution in [0.2, 0.25) is 0 Å². The monoisotopic (exact) mass is 375 g/mol. The van der Waals surface area contributed by atoms with E-state index in [2.05, 4.69) is 5.32 Å². The summed E-state index contributed by atoms with van der Waals surface area (Å²) in [6.45, 7) is -0.211. The summed E-state index contributed by atoms with van der Waals surface area (Å²) < 4.78 is 9.95. The number of hydrogen-bond acceptors (Lipinski definition) is 7. The van der Waals surface area contributed by atoms with E-state index in [0.29, 0.717) is 6.29 Å². The highest BCUT2D eigenvalue weighted by atomic mass is 16.5. The largest absolute Gasteiger partial charge is 0.504 e. The van der Waals surface area contributed by atoms with Gasteiger partial charge < -0.3 is 30.1 Å². The van der Waals surface area contributed by atoms with E-state index in [0.717, 1.165) is 5.56 Å². The van der Waals surface area contributed by atoms with Gasteiger partial charge in [-0.15, -0.1) is 0 Å². The highest BCUT2D eigenvalue weighted by Gasteiger charge is 2.22. The maximum atomic E-state index is 11.7. The standard InChI is InChI=1S/C19H21NO7/c1-26-16-8-13(7-14(10-21)18(16)24)17(23)15(22)9-20-19(25)27-11-12-5-3-2-4-6-12/h2-8,10,15,17,22-24H,9,11H2,1H3,(H,20,25). The molecule has 0 aliphatic rings. The van der Waals surface area contributed by atoms with Crippen molar-refractivity contribution in [3.8, 4) is 11.5 Å². The number of ether oxygens (including phenoxy) is 2. The van der Waals surface area contributed by atoms with Gasteiger partial charge in [-0.2, -0.15) is 0 Å². The van der Waals surface area contributed by atoms with E-state index in [1.807, 2.05) is 18.2 Å². The van der Waals surface area contributed by atoms with Crippen molar-refractivity contribution < 1.29 is 34.4 Å². The van der Waals surface area contributed by atoms with Crippen LogP contribution in [0.3, 0.4) is 0 Å². The second-order valence-electron chi connectivity index (χ2n) is 5.73. The molecular weight excluding hydrogens is 354 g/mol. The number of hydrogen-bond donors (Lipinski definition) is 4. The molecule has 0 aromatic heterocycles. The molecule has 0 fully saturated rings. The molecule has 2 aromatic rings. The van der Waals surface area contributed by atoms with Gasteiger partial charge in [-0.1, -0.05) is 30.3 Å². The zero-order valence-corrected chi connectivity index (χ0v) is 14.7. The number of rotatable bonds is 8. The topological polar surface area (TPSA) is 125 Å². The van der Waals surface area contributed by atoms with Crippen molar-refractivity contribution in [3.63, 3.8) is 0 Å². The summed E-state index contributed by atoms with van der Waals surface area (Å²) in [4.78, 5) is 22.7. The van der Waals surface area contributed by atoms with Gasteiger partial charge in [0.1, 0.15) is 18.8 Å². The van der Waals surface area contributed by atoms with Crippen LogP contribution in [0.4, 0.5) is 4.79 Å². The maximum Gasteiger partial charge on any atom is 0.407 e. The lowest BCUT2D eigenvalue weighted by atomic mass is 10.0. The molecular formula is C19H21NO7. The number of aromatic hydroxyl groups is 1. The fourth-order valence-corrected chi connectivity index (χ4v) is 2.36. The summed E-state index contributed by atoms with van der Waals surface area (Å²) in [5.74, 6) is -0.378. The third-order valence-electron chi connectivity index (χ3n) is 3.85. The zero-order chi connectivity index (χ0) is 19.8. The van der Waals surface area contributed by atoms with E-state index >= 15 is 0 Å².